The van der Waals surface area contributed by atoms with E-state index in [0.717, 1.165) is 22.3 Å². The number of Topliss-reactive ketones (excluding diaryl/α,β-unsaturated/α-hetero) is 2. The Morgan fingerprint density at radius 2 is 1.06 bits per heavy atom. The first kappa shape index (κ1) is 20.5. The summed E-state index contributed by atoms with van der Waals surface area (Å²) in [7, 11) is 1.63. The van der Waals surface area contributed by atoms with E-state index in [4.69, 9.17) is 4.74 Å². The summed E-state index contributed by atoms with van der Waals surface area (Å²) in [6, 6.07) is 34.4. The second kappa shape index (κ2) is 7.75. The molecular weight excluding hydrogens is 420 g/mol. The molecule has 0 atom stereocenters. The van der Waals surface area contributed by atoms with Crippen LogP contribution in [0.4, 0.5) is 0 Å². The lowest BCUT2D eigenvalue weighted by molar-refractivity contribution is 0.0406. The van der Waals surface area contributed by atoms with Crippen molar-refractivity contribution in [1.82, 2.24) is 0 Å². The summed E-state index contributed by atoms with van der Waals surface area (Å²) in [6.07, 6.45) is 0. The zero-order valence-electron chi connectivity index (χ0n) is 18.7. The van der Waals surface area contributed by atoms with Crippen LogP contribution in [0.2, 0.25) is 0 Å². The van der Waals surface area contributed by atoms with E-state index in [1.54, 1.807) is 31.4 Å². The maximum absolute atomic E-state index is 14.2. The van der Waals surface area contributed by atoms with E-state index in [2.05, 4.69) is 0 Å². The molecule has 0 amide bonds. The molecule has 0 aliphatic heterocycles. The maximum atomic E-state index is 14.2. The Labute approximate surface area is 198 Å². The molecule has 2 bridgehead atoms. The third-order valence-corrected chi connectivity index (χ3v) is 7.06. The van der Waals surface area contributed by atoms with E-state index in [9.17, 15) is 9.59 Å². The highest BCUT2D eigenvalue weighted by molar-refractivity contribution is 6.21. The number of hydrogen-bond donors (Lipinski definition) is 0. The molecule has 4 aromatic carbocycles. The Hall–Kier alpha value is -4.08. The predicted octanol–water partition coefficient (Wildman–Crippen LogP) is 6.10. The number of benzene rings is 4. The van der Waals surface area contributed by atoms with Gasteiger partial charge in [-0.3, -0.25) is 9.59 Å². The normalized spacial score (nSPS) is 20.0. The van der Waals surface area contributed by atoms with Crippen LogP contribution in [-0.2, 0) is 10.3 Å². The molecule has 3 aliphatic carbocycles. The van der Waals surface area contributed by atoms with Crippen LogP contribution in [0, 0.1) is 0 Å². The van der Waals surface area contributed by atoms with E-state index < -0.39 is 5.60 Å². The summed E-state index contributed by atoms with van der Waals surface area (Å²) in [5.41, 5.74) is 4.69. The minimum absolute atomic E-state index is 0.143. The molecule has 3 nitrogen and oxygen atoms in total. The molecule has 0 spiro atoms. The molecule has 0 N–H and O–H groups in total. The lowest BCUT2D eigenvalue weighted by Gasteiger charge is -2.49. The molecule has 164 valence electrons. The van der Waals surface area contributed by atoms with Gasteiger partial charge in [-0.25, -0.2) is 0 Å². The van der Waals surface area contributed by atoms with Gasteiger partial charge < -0.3 is 4.74 Å². The Bertz CT molecular complexity index is 1420. The number of carbonyl (C=O) groups is 2. The Balaban J connectivity index is 1.74. The standard InChI is InChI=1S/C31H22O3/c1-34-31-24-18-10-8-16-22(24)26(23-17-9-11-19-25(23)31)27(29(32)20-12-4-2-5-13-20)28(31)30(33)21-14-6-3-7-15-21/h2-19,26H,1H3. The highest BCUT2D eigenvalue weighted by Gasteiger charge is 2.57. The monoisotopic (exact) mass is 442 g/mol. The topological polar surface area (TPSA) is 43.4 Å². The fourth-order valence-electron chi connectivity index (χ4n) is 5.69. The fourth-order valence-corrected chi connectivity index (χ4v) is 5.69. The van der Waals surface area contributed by atoms with Crippen molar-refractivity contribution in [2.24, 2.45) is 0 Å². The van der Waals surface area contributed by atoms with Crippen LogP contribution in [0.3, 0.4) is 0 Å². The van der Waals surface area contributed by atoms with Gasteiger partial charge in [-0.05, 0) is 22.3 Å². The molecule has 0 fully saturated rings. The van der Waals surface area contributed by atoms with Crippen molar-refractivity contribution in [1.29, 1.82) is 0 Å². The lowest BCUT2D eigenvalue weighted by Crippen LogP contribution is -2.47. The summed E-state index contributed by atoms with van der Waals surface area (Å²) in [5, 5.41) is 0. The van der Waals surface area contributed by atoms with Crippen molar-refractivity contribution in [3.8, 4) is 0 Å². The zero-order chi connectivity index (χ0) is 23.3. The molecule has 4 aromatic rings. The summed E-state index contributed by atoms with van der Waals surface area (Å²) in [5.74, 6) is -0.675. The maximum Gasteiger partial charge on any atom is 0.193 e. The highest BCUT2D eigenvalue weighted by atomic mass is 16.5. The van der Waals surface area contributed by atoms with Gasteiger partial charge in [0.05, 0.1) is 0 Å². The Morgan fingerprint density at radius 3 is 1.56 bits per heavy atom. The quantitative estimate of drug-likeness (QED) is 0.351. The predicted molar refractivity (Wildman–Crippen MR) is 131 cm³/mol. The number of allylic oxidation sites excluding steroid dienone is 1. The van der Waals surface area contributed by atoms with E-state index in [-0.39, 0.29) is 17.5 Å². The van der Waals surface area contributed by atoms with Crippen molar-refractivity contribution in [3.63, 3.8) is 0 Å². The summed E-state index contributed by atoms with van der Waals surface area (Å²) < 4.78 is 6.36. The van der Waals surface area contributed by atoms with Gasteiger partial charge in [0.25, 0.3) is 0 Å². The van der Waals surface area contributed by atoms with Crippen molar-refractivity contribution in [3.05, 3.63) is 154 Å². The van der Waals surface area contributed by atoms with Crippen LogP contribution < -0.4 is 0 Å². The van der Waals surface area contributed by atoms with Crippen LogP contribution in [-0.4, -0.2) is 18.7 Å². The van der Waals surface area contributed by atoms with E-state index in [0.29, 0.717) is 22.3 Å². The van der Waals surface area contributed by atoms with E-state index in [1.807, 2.05) is 84.9 Å². The van der Waals surface area contributed by atoms with Crippen molar-refractivity contribution >= 4 is 11.6 Å². The van der Waals surface area contributed by atoms with Crippen molar-refractivity contribution in [2.45, 2.75) is 11.5 Å². The molecule has 0 saturated carbocycles. The van der Waals surface area contributed by atoms with Gasteiger partial charge in [0.1, 0.15) is 5.60 Å². The smallest absolute Gasteiger partial charge is 0.193 e. The van der Waals surface area contributed by atoms with Crippen molar-refractivity contribution in [2.75, 3.05) is 7.11 Å². The SMILES string of the molecule is COC12C(C(=O)c3ccccc3)=C(C(=O)c3ccccc3)C(c3ccccc31)c1ccccc12. The van der Waals surface area contributed by atoms with Crippen molar-refractivity contribution < 1.29 is 14.3 Å². The van der Waals surface area contributed by atoms with E-state index >= 15 is 0 Å². The Kier molecular flexibility index (Phi) is 4.68. The van der Waals surface area contributed by atoms with Gasteiger partial charge in [-0.15, -0.1) is 0 Å². The third-order valence-electron chi connectivity index (χ3n) is 7.06. The number of carbonyl (C=O) groups excluding carboxylic acids is 2. The summed E-state index contributed by atoms with van der Waals surface area (Å²) in [4.78, 5) is 28.4. The molecule has 0 heterocycles. The van der Waals surface area contributed by atoms with Gasteiger partial charge in [0.15, 0.2) is 11.6 Å². The van der Waals surface area contributed by atoms with Crippen LogP contribution in [0.25, 0.3) is 0 Å². The fraction of sp³-hybridized carbons (Fsp3) is 0.0968. The number of hydrogen-bond acceptors (Lipinski definition) is 3. The number of ketones is 2. The molecule has 3 heteroatoms. The van der Waals surface area contributed by atoms with Gasteiger partial charge in [-0.2, -0.15) is 0 Å². The summed E-state index contributed by atoms with van der Waals surface area (Å²) in [6.45, 7) is 0. The van der Waals surface area contributed by atoms with E-state index in [1.165, 1.54) is 0 Å². The van der Waals surface area contributed by atoms with Gasteiger partial charge in [-0.1, -0.05) is 109 Å². The lowest BCUT2D eigenvalue weighted by atomic mass is 9.56. The summed E-state index contributed by atoms with van der Waals surface area (Å²) >= 11 is 0. The van der Waals surface area contributed by atoms with Gasteiger partial charge in [0, 0.05) is 35.3 Å². The molecular formula is C31H22O3. The largest absolute Gasteiger partial charge is 0.364 e. The first-order valence-corrected chi connectivity index (χ1v) is 11.4. The molecule has 0 saturated heterocycles. The first-order valence-electron chi connectivity index (χ1n) is 11.4. The minimum atomic E-state index is -1.17. The molecule has 34 heavy (non-hydrogen) atoms. The molecule has 0 aromatic heterocycles. The second-order valence-corrected chi connectivity index (χ2v) is 8.67. The van der Waals surface area contributed by atoms with Crippen LogP contribution in [0.5, 0.6) is 0 Å². The van der Waals surface area contributed by atoms with Gasteiger partial charge in [0.2, 0.25) is 0 Å². The number of methoxy groups -OCH3 is 1. The number of ether oxygens (including phenoxy) is 1. The van der Waals surface area contributed by atoms with Crippen LogP contribution in [0.15, 0.2) is 120 Å². The highest BCUT2D eigenvalue weighted by Crippen LogP contribution is 2.60. The van der Waals surface area contributed by atoms with Crippen LogP contribution in [0.1, 0.15) is 48.9 Å². The minimum Gasteiger partial charge on any atom is -0.364 e. The molecule has 0 radical (unpaired) electrons. The second-order valence-electron chi connectivity index (χ2n) is 8.67. The average Bonchev–Trinajstić information content (AvgIpc) is 2.92. The Morgan fingerprint density at radius 1 is 0.618 bits per heavy atom. The average molecular weight is 443 g/mol. The first-order chi connectivity index (χ1) is 16.7. The van der Waals surface area contributed by atoms with Crippen LogP contribution >= 0.6 is 0 Å². The molecule has 3 aliphatic rings. The molecule has 0 unspecified atom stereocenters. The van der Waals surface area contributed by atoms with Gasteiger partial charge >= 0.3 is 0 Å². The molecule has 7 rings (SSSR count). The number of rotatable bonds is 5. The third kappa shape index (κ3) is 2.68. The zero-order valence-corrected chi connectivity index (χ0v) is 18.7.